The number of carbonyl (C=O) groups is 2. The van der Waals surface area contributed by atoms with Gasteiger partial charge in [0.15, 0.2) is 0 Å². The number of phenolic OH excluding ortho intramolecular Hbond substituents is 1. The van der Waals surface area contributed by atoms with Crippen LogP contribution in [0.25, 0.3) is 6.08 Å². The lowest BCUT2D eigenvalue weighted by Gasteiger charge is -2.10. The maximum Gasteiger partial charge on any atom is 0.287 e. The van der Waals surface area contributed by atoms with Gasteiger partial charge in [0.25, 0.3) is 11.8 Å². The van der Waals surface area contributed by atoms with Gasteiger partial charge in [-0.05, 0) is 55.0 Å². The van der Waals surface area contributed by atoms with Gasteiger partial charge in [0.2, 0.25) is 0 Å². The minimum absolute atomic E-state index is 0.0254. The van der Waals surface area contributed by atoms with Crippen molar-refractivity contribution >= 4 is 23.6 Å². The maximum absolute atomic E-state index is 13.2. The average Bonchev–Trinajstić information content (AvgIpc) is 2.79. The quantitative estimate of drug-likeness (QED) is 0.323. The van der Waals surface area contributed by atoms with Crippen LogP contribution in [0, 0.1) is 5.82 Å². The van der Waals surface area contributed by atoms with Crippen LogP contribution in [0.15, 0.2) is 89.7 Å². The Morgan fingerprint density at radius 2 is 1.58 bits per heavy atom. The van der Waals surface area contributed by atoms with E-state index in [4.69, 9.17) is 0 Å². The summed E-state index contributed by atoms with van der Waals surface area (Å²) in [7, 11) is 0. The van der Waals surface area contributed by atoms with Crippen LogP contribution in [-0.2, 0) is 4.79 Å². The molecule has 0 atom stereocenters. The van der Waals surface area contributed by atoms with E-state index in [9.17, 15) is 19.1 Å². The van der Waals surface area contributed by atoms with E-state index in [1.807, 2.05) is 0 Å². The molecule has 0 aliphatic carbocycles. The Kier molecular flexibility index (Phi) is 6.90. The summed E-state index contributed by atoms with van der Waals surface area (Å²) >= 11 is 0. The summed E-state index contributed by atoms with van der Waals surface area (Å²) in [6.45, 7) is 1.63. The molecule has 0 fully saturated rings. The minimum Gasteiger partial charge on any atom is -0.507 e. The monoisotopic (exact) mass is 417 g/mol. The average molecular weight is 417 g/mol. The Hall–Kier alpha value is -4.26. The Morgan fingerprint density at radius 1 is 0.935 bits per heavy atom. The molecule has 0 aromatic heterocycles. The number of amides is 2. The van der Waals surface area contributed by atoms with Gasteiger partial charge in [-0.3, -0.25) is 9.59 Å². The molecule has 0 bridgehead atoms. The summed E-state index contributed by atoms with van der Waals surface area (Å²) in [6, 6.07) is 20.5. The van der Waals surface area contributed by atoms with Gasteiger partial charge in [0, 0.05) is 11.1 Å². The summed E-state index contributed by atoms with van der Waals surface area (Å²) in [5.41, 5.74) is 4.02. The summed E-state index contributed by atoms with van der Waals surface area (Å²) in [4.78, 5) is 25.3. The van der Waals surface area contributed by atoms with Gasteiger partial charge in [-0.1, -0.05) is 42.5 Å². The molecular formula is C24H20FN3O3. The Morgan fingerprint density at radius 3 is 2.26 bits per heavy atom. The highest BCUT2D eigenvalue weighted by Crippen LogP contribution is 2.16. The summed E-state index contributed by atoms with van der Waals surface area (Å²) in [6.07, 6.45) is 1.42. The highest BCUT2D eigenvalue weighted by Gasteiger charge is 2.15. The van der Waals surface area contributed by atoms with Gasteiger partial charge in [0.05, 0.1) is 5.71 Å². The zero-order chi connectivity index (χ0) is 22.2. The summed E-state index contributed by atoms with van der Waals surface area (Å²) < 4.78 is 13.2. The van der Waals surface area contributed by atoms with Crippen LogP contribution in [0.1, 0.15) is 28.4 Å². The van der Waals surface area contributed by atoms with Crippen LogP contribution < -0.4 is 10.7 Å². The molecule has 0 aliphatic heterocycles. The maximum atomic E-state index is 13.2. The zero-order valence-corrected chi connectivity index (χ0v) is 16.7. The number of hydrogen-bond acceptors (Lipinski definition) is 4. The molecular weight excluding hydrogens is 397 g/mol. The van der Waals surface area contributed by atoms with Crippen LogP contribution in [0.4, 0.5) is 4.39 Å². The van der Waals surface area contributed by atoms with Crippen LogP contribution in [0.2, 0.25) is 0 Å². The third kappa shape index (κ3) is 5.86. The van der Waals surface area contributed by atoms with Gasteiger partial charge < -0.3 is 10.4 Å². The third-order valence-corrected chi connectivity index (χ3v) is 4.33. The number of rotatable bonds is 6. The second-order valence-corrected chi connectivity index (χ2v) is 6.59. The van der Waals surface area contributed by atoms with E-state index in [0.717, 1.165) is 0 Å². The van der Waals surface area contributed by atoms with Gasteiger partial charge >= 0.3 is 0 Å². The van der Waals surface area contributed by atoms with E-state index >= 15 is 0 Å². The topological polar surface area (TPSA) is 90.8 Å². The van der Waals surface area contributed by atoms with Gasteiger partial charge in [0.1, 0.15) is 17.3 Å². The lowest BCUT2D eigenvalue weighted by molar-refractivity contribution is -0.117. The molecule has 0 spiro atoms. The number of nitrogens with zero attached hydrogens (tertiary/aromatic N) is 1. The molecule has 31 heavy (non-hydrogen) atoms. The number of hydrogen-bond donors (Lipinski definition) is 3. The van der Waals surface area contributed by atoms with Crippen LogP contribution in [-0.4, -0.2) is 22.6 Å². The van der Waals surface area contributed by atoms with Gasteiger partial charge in [-0.15, -0.1) is 0 Å². The Labute approximate surface area is 178 Å². The second-order valence-electron chi connectivity index (χ2n) is 6.59. The fourth-order valence-electron chi connectivity index (χ4n) is 2.70. The SMILES string of the molecule is C/C(=N\NC(=O)C(=Cc1ccc(F)cc1)NC(=O)c1ccccc1)c1ccccc1O. The molecule has 0 unspecified atom stereocenters. The molecule has 2 amide bonds. The molecule has 6 nitrogen and oxygen atoms in total. The second kappa shape index (κ2) is 9.98. The number of hydrazone groups is 1. The third-order valence-electron chi connectivity index (χ3n) is 4.33. The predicted molar refractivity (Wildman–Crippen MR) is 117 cm³/mol. The number of carbonyl (C=O) groups excluding carboxylic acids is 2. The lowest BCUT2D eigenvalue weighted by atomic mass is 10.1. The first kappa shape index (κ1) is 21.4. The van der Waals surface area contributed by atoms with Crippen molar-refractivity contribution in [2.24, 2.45) is 5.10 Å². The summed E-state index contributed by atoms with van der Waals surface area (Å²) in [5.74, 6) is -1.55. The molecule has 3 aromatic carbocycles. The number of aromatic hydroxyl groups is 1. The van der Waals surface area contributed by atoms with Crippen molar-refractivity contribution in [3.05, 3.63) is 107 Å². The van der Waals surface area contributed by atoms with E-state index < -0.39 is 17.6 Å². The first-order chi connectivity index (χ1) is 14.9. The number of nitrogens with one attached hydrogen (secondary N) is 2. The van der Waals surface area contributed by atoms with Crippen molar-refractivity contribution in [3.8, 4) is 5.75 Å². The molecule has 0 heterocycles. The smallest absolute Gasteiger partial charge is 0.287 e. The van der Waals surface area contributed by atoms with Crippen LogP contribution >= 0.6 is 0 Å². The van der Waals surface area contributed by atoms with E-state index in [2.05, 4.69) is 15.8 Å². The molecule has 7 heteroatoms. The van der Waals surface area contributed by atoms with Gasteiger partial charge in [-0.25, -0.2) is 9.82 Å². The number of para-hydroxylation sites is 1. The lowest BCUT2D eigenvalue weighted by Crippen LogP contribution is -2.33. The molecule has 3 rings (SSSR count). The predicted octanol–water partition coefficient (Wildman–Crippen LogP) is 3.84. The standard InChI is InChI=1S/C24H20FN3O3/c1-16(20-9-5-6-10-22(20)29)27-28-24(31)21(15-17-11-13-19(25)14-12-17)26-23(30)18-7-3-2-4-8-18/h2-15,29H,1H3,(H,26,30)(H,28,31)/b21-15?,27-16+. The van der Waals surface area contributed by atoms with Crippen molar-refractivity contribution < 1.29 is 19.1 Å². The van der Waals surface area contributed by atoms with Crippen molar-refractivity contribution in [3.63, 3.8) is 0 Å². The number of halogens is 1. The number of benzene rings is 3. The number of phenols is 1. The Balaban J connectivity index is 1.85. The van der Waals surface area contributed by atoms with Crippen LogP contribution in [0.5, 0.6) is 5.75 Å². The molecule has 3 N–H and O–H groups in total. The summed E-state index contributed by atoms with van der Waals surface area (Å²) in [5, 5.41) is 16.5. The zero-order valence-electron chi connectivity index (χ0n) is 16.7. The van der Waals surface area contributed by atoms with Crippen molar-refractivity contribution in [1.82, 2.24) is 10.7 Å². The van der Waals surface area contributed by atoms with Crippen molar-refractivity contribution in [2.75, 3.05) is 0 Å². The molecule has 0 radical (unpaired) electrons. The highest BCUT2D eigenvalue weighted by molar-refractivity contribution is 6.06. The first-order valence-corrected chi connectivity index (χ1v) is 9.40. The molecule has 156 valence electrons. The fourth-order valence-corrected chi connectivity index (χ4v) is 2.70. The molecule has 0 aliphatic rings. The van der Waals surface area contributed by atoms with E-state index in [1.54, 1.807) is 55.5 Å². The highest BCUT2D eigenvalue weighted by atomic mass is 19.1. The molecule has 0 saturated heterocycles. The van der Waals surface area contributed by atoms with Crippen molar-refractivity contribution in [1.29, 1.82) is 0 Å². The van der Waals surface area contributed by atoms with E-state index in [0.29, 0.717) is 22.4 Å². The molecule has 3 aromatic rings. The van der Waals surface area contributed by atoms with Crippen LogP contribution in [0.3, 0.4) is 0 Å². The largest absolute Gasteiger partial charge is 0.507 e. The van der Waals surface area contributed by atoms with E-state index in [-0.39, 0.29) is 11.4 Å². The van der Waals surface area contributed by atoms with E-state index in [1.165, 1.54) is 36.4 Å². The first-order valence-electron chi connectivity index (χ1n) is 9.40. The molecule has 0 saturated carbocycles. The van der Waals surface area contributed by atoms with Gasteiger partial charge in [-0.2, -0.15) is 5.10 Å². The fraction of sp³-hybridized carbons (Fsp3) is 0.0417. The Bertz CT molecular complexity index is 1140. The normalized spacial score (nSPS) is 11.7. The van der Waals surface area contributed by atoms with Crippen molar-refractivity contribution in [2.45, 2.75) is 6.92 Å². The minimum atomic E-state index is -0.677.